The Bertz CT molecular complexity index is 886. The first-order valence-corrected chi connectivity index (χ1v) is 8.48. The number of benzene rings is 1. The van der Waals surface area contributed by atoms with Gasteiger partial charge in [0.05, 0.1) is 18.1 Å². The summed E-state index contributed by atoms with van der Waals surface area (Å²) < 4.78 is 15.6. The number of nitrogens with one attached hydrogen (secondary N) is 2. The van der Waals surface area contributed by atoms with Crippen molar-refractivity contribution < 1.29 is 4.39 Å². The molecule has 10 heteroatoms. The number of nitrogens with zero attached hydrogens (tertiary/aromatic N) is 4. The summed E-state index contributed by atoms with van der Waals surface area (Å²) in [5.74, 6) is 0.420. The molecule has 0 saturated carbocycles. The third-order valence-electron chi connectivity index (χ3n) is 3.30. The molecule has 25 heavy (non-hydrogen) atoms. The van der Waals surface area contributed by atoms with Gasteiger partial charge in [-0.3, -0.25) is 9.82 Å². The summed E-state index contributed by atoms with van der Waals surface area (Å²) in [7, 11) is 1.81. The molecular weight excluding hydrogens is 365 g/mol. The fraction of sp³-hybridized carbons (Fsp3) is 0.133. The molecule has 1 aromatic carbocycles. The van der Waals surface area contributed by atoms with Crippen LogP contribution in [0.15, 0.2) is 41.7 Å². The van der Waals surface area contributed by atoms with Crippen LogP contribution in [0.25, 0.3) is 0 Å². The van der Waals surface area contributed by atoms with E-state index >= 15 is 0 Å². The second kappa shape index (κ2) is 7.68. The topological polar surface area (TPSA) is 93.7 Å². The van der Waals surface area contributed by atoms with E-state index in [1.807, 2.05) is 7.05 Å². The molecule has 0 saturated heterocycles. The van der Waals surface area contributed by atoms with E-state index in [-0.39, 0.29) is 12.4 Å². The van der Waals surface area contributed by atoms with Gasteiger partial charge >= 0.3 is 0 Å². The highest BCUT2D eigenvalue weighted by Crippen LogP contribution is 2.23. The molecule has 0 fully saturated rings. The molecule has 0 unspecified atom stereocenters. The number of aryl methyl sites for hydroxylation is 1. The minimum atomic E-state index is -0.329. The zero-order valence-corrected chi connectivity index (χ0v) is 14.8. The van der Waals surface area contributed by atoms with E-state index in [4.69, 9.17) is 16.7 Å². The lowest BCUT2D eigenvalue weighted by atomic mass is 10.2. The van der Waals surface area contributed by atoms with E-state index in [0.717, 1.165) is 22.5 Å². The Hall–Kier alpha value is -2.36. The van der Waals surface area contributed by atoms with Crippen LogP contribution in [-0.4, -0.2) is 19.7 Å². The van der Waals surface area contributed by atoms with Gasteiger partial charge in [0.1, 0.15) is 10.8 Å². The molecule has 0 amide bonds. The minimum absolute atomic E-state index is 0.212. The summed E-state index contributed by atoms with van der Waals surface area (Å²) in [5.41, 5.74) is 1.21. The van der Waals surface area contributed by atoms with Crippen molar-refractivity contribution in [2.24, 2.45) is 12.2 Å². The molecule has 3 aromatic rings. The van der Waals surface area contributed by atoms with Gasteiger partial charge in [0, 0.05) is 30.2 Å². The van der Waals surface area contributed by atoms with Crippen LogP contribution in [-0.2, 0) is 13.6 Å². The zero-order chi connectivity index (χ0) is 17.8. The van der Waals surface area contributed by atoms with Crippen molar-refractivity contribution in [2.75, 3.05) is 10.6 Å². The first-order valence-electron chi connectivity index (χ1n) is 7.22. The predicted octanol–water partition coefficient (Wildman–Crippen LogP) is 3.32. The highest BCUT2D eigenvalue weighted by Gasteiger charge is 2.09. The number of rotatable bonds is 6. The fourth-order valence-electron chi connectivity index (χ4n) is 2.11. The number of aromatic nitrogens is 4. The van der Waals surface area contributed by atoms with Crippen LogP contribution in [0.1, 0.15) is 5.56 Å². The zero-order valence-electron chi connectivity index (χ0n) is 13.2. The molecule has 0 aliphatic heterocycles. The average molecular weight is 380 g/mol. The van der Waals surface area contributed by atoms with Gasteiger partial charge in [0.25, 0.3) is 0 Å². The highest BCUT2D eigenvalue weighted by atomic mass is 35.5. The smallest absolute Gasteiger partial charge is 0.229 e. The molecule has 0 atom stereocenters. The number of nitrogens with two attached hydrogens (primary N) is 1. The largest absolute Gasteiger partial charge is 0.364 e. The Kier molecular flexibility index (Phi) is 5.37. The minimum Gasteiger partial charge on any atom is -0.364 e. The summed E-state index contributed by atoms with van der Waals surface area (Å²) in [6, 6.07) is 4.68. The summed E-state index contributed by atoms with van der Waals surface area (Å²) in [5, 5.41) is 15.9. The maximum Gasteiger partial charge on any atom is 0.229 e. The number of hydrogen-bond donors (Lipinski definition) is 3. The van der Waals surface area contributed by atoms with Gasteiger partial charge < -0.3 is 10.6 Å². The molecule has 2 aromatic heterocycles. The standard InChI is InChI=1S/C15H15ClFN7S/c1-24-8-10(6-21-24)22-15-20-7-12(16)14(23-15)19-5-9-4-11(25-18)2-3-13(9)17/h2-4,6-8H,5,18H2,1H3,(H2,19,20,22,23). The molecule has 3 rings (SSSR count). The molecule has 0 aliphatic carbocycles. The summed E-state index contributed by atoms with van der Waals surface area (Å²) in [6.07, 6.45) is 4.91. The Morgan fingerprint density at radius 2 is 2.20 bits per heavy atom. The van der Waals surface area contributed by atoms with Crippen LogP contribution in [0.3, 0.4) is 0 Å². The predicted molar refractivity (Wildman–Crippen MR) is 97.3 cm³/mol. The van der Waals surface area contributed by atoms with E-state index in [9.17, 15) is 4.39 Å². The SMILES string of the molecule is Cn1cc(Nc2ncc(Cl)c(NCc3cc(SN)ccc3F)n2)cn1. The lowest BCUT2D eigenvalue weighted by Crippen LogP contribution is -2.06. The van der Waals surface area contributed by atoms with Crippen molar-refractivity contribution in [3.63, 3.8) is 0 Å². The molecule has 0 bridgehead atoms. The van der Waals surface area contributed by atoms with Gasteiger partial charge in [0.2, 0.25) is 5.95 Å². The van der Waals surface area contributed by atoms with Crippen LogP contribution in [0.5, 0.6) is 0 Å². The maximum atomic E-state index is 13.9. The van der Waals surface area contributed by atoms with Crippen molar-refractivity contribution in [3.8, 4) is 0 Å². The van der Waals surface area contributed by atoms with Crippen molar-refractivity contribution in [3.05, 3.63) is 53.2 Å². The van der Waals surface area contributed by atoms with Crippen molar-refractivity contribution in [2.45, 2.75) is 11.4 Å². The molecule has 4 N–H and O–H groups in total. The van der Waals surface area contributed by atoms with Crippen LogP contribution in [0, 0.1) is 5.82 Å². The van der Waals surface area contributed by atoms with Crippen LogP contribution >= 0.6 is 23.5 Å². The molecule has 7 nitrogen and oxygen atoms in total. The average Bonchev–Trinajstić information content (AvgIpc) is 3.01. The third kappa shape index (κ3) is 4.38. The van der Waals surface area contributed by atoms with Crippen molar-refractivity contribution in [1.82, 2.24) is 19.7 Å². The van der Waals surface area contributed by atoms with Crippen LogP contribution < -0.4 is 15.8 Å². The highest BCUT2D eigenvalue weighted by molar-refractivity contribution is 7.97. The quantitative estimate of drug-likeness (QED) is 0.565. The Morgan fingerprint density at radius 3 is 2.92 bits per heavy atom. The fourth-order valence-corrected chi connectivity index (χ4v) is 2.62. The van der Waals surface area contributed by atoms with Crippen molar-refractivity contribution in [1.29, 1.82) is 0 Å². The molecule has 0 spiro atoms. The second-order valence-electron chi connectivity index (χ2n) is 5.14. The second-order valence-corrected chi connectivity index (χ2v) is 6.26. The van der Waals surface area contributed by atoms with E-state index in [0.29, 0.717) is 22.4 Å². The Labute approximate surface area is 152 Å². The molecule has 0 radical (unpaired) electrons. The Balaban J connectivity index is 1.75. The van der Waals surface area contributed by atoms with Crippen LogP contribution in [0.2, 0.25) is 5.02 Å². The first-order chi connectivity index (χ1) is 12.0. The van der Waals surface area contributed by atoms with Gasteiger partial charge in [-0.1, -0.05) is 11.6 Å². The number of halogens is 2. The number of hydrogen-bond acceptors (Lipinski definition) is 7. The normalized spacial score (nSPS) is 10.7. The van der Waals surface area contributed by atoms with Gasteiger partial charge in [-0.25, -0.2) is 9.37 Å². The summed E-state index contributed by atoms with van der Waals surface area (Å²) >= 11 is 7.18. The summed E-state index contributed by atoms with van der Waals surface area (Å²) in [6.45, 7) is 0.212. The van der Waals surface area contributed by atoms with E-state index in [1.54, 1.807) is 29.2 Å². The van der Waals surface area contributed by atoms with E-state index in [1.165, 1.54) is 12.3 Å². The monoisotopic (exact) mass is 379 g/mol. The van der Waals surface area contributed by atoms with Gasteiger partial charge in [-0.2, -0.15) is 10.1 Å². The lowest BCUT2D eigenvalue weighted by molar-refractivity contribution is 0.611. The molecular formula is C15H15ClFN7S. The molecule has 130 valence electrons. The number of anilines is 3. The van der Waals surface area contributed by atoms with E-state index in [2.05, 4.69) is 25.7 Å². The maximum absolute atomic E-state index is 13.9. The van der Waals surface area contributed by atoms with Gasteiger partial charge in [-0.15, -0.1) is 0 Å². The van der Waals surface area contributed by atoms with E-state index < -0.39 is 0 Å². The third-order valence-corrected chi connectivity index (χ3v) is 4.11. The lowest BCUT2D eigenvalue weighted by Gasteiger charge is -2.10. The molecule has 2 heterocycles. The van der Waals surface area contributed by atoms with Gasteiger partial charge in [-0.05, 0) is 30.1 Å². The summed E-state index contributed by atoms with van der Waals surface area (Å²) in [4.78, 5) is 9.20. The van der Waals surface area contributed by atoms with Crippen LogP contribution in [0.4, 0.5) is 21.8 Å². The Morgan fingerprint density at radius 1 is 1.36 bits per heavy atom. The molecule has 0 aliphatic rings. The first kappa shape index (κ1) is 17.5. The van der Waals surface area contributed by atoms with Gasteiger partial charge in [0.15, 0.2) is 5.82 Å². The van der Waals surface area contributed by atoms with Crippen molar-refractivity contribution >= 4 is 41.0 Å².